The first-order valence-corrected chi connectivity index (χ1v) is 2.38. The minimum absolute atomic E-state index is 0. The van der Waals surface area contributed by atoms with E-state index in [1.165, 1.54) is 5.48 Å². The molecule has 0 radical (unpaired) electrons. The number of amides is 2. The summed E-state index contributed by atoms with van der Waals surface area (Å²) in [6.45, 7) is 0. The summed E-state index contributed by atoms with van der Waals surface area (Å²) < 4.78 is 0. The standard InChI is InChI=1S/C4H8N2O3.ClH/c5-3(7)1-2-4(8)6-9;/h9H,1-2H2,(H2,5,7)(H,6,8);1H. The van der Waals surface area contributed by atoms with Crippen molar-refractivity contribution in [2.75, 3.05) is 0 Å². The van der Waals surface area contributed by atoms with Crippen LogP contribution in [0.15, 0.2) is 0 Å². The van der Waals surface area contributed by atoms with Crippen molar-refractivity contribution in [1.82, 2.24) is 5.48 Å². The van der Waals surface area contributed by atoms with Crippen LogP contribution in [-0.4, -0.2) is 17.0 Å². The number of hydrogen-bond donors (Lipinski definition) is 3. The third-order valence-electron chi connectivity index (χ3n) is 0.723. The highest BCUT2D eigenvalue weighted by Crippen LogP contribution is 1.84. The Morgan fingerprint density at radius 2 is 1.90 bits per heavy atom. The van der Waals surface area contributed by atoms with E-state index in [0.29, 0.717) is 0 Å². The van der Waals surface area contributed by atoms with Gasteiger partial charge in [-0.1, -0.05) is 0 Å². The number of nitrogens with two attached hydrogens (primary N) is 1. The van der Waals surface area contributed by atoms with Gasteiger partial charge in [-0.2, -0.15) is 0 Å². The Kier molecular flexibility index (Phi) is 7.53. The summed E-state index contributed by atoms with van der Waals surface area (Å²) in [6.07, 6.45) is -0.0990. The highest BCUT2D eigenvalue weighted by atomic mass is 35.5. The molecule has 0 aromatic heterocycles. The molecule has 6 heteroatoms. The molecule has 5 nitrogen and oxygen atoms in total. The summed E-state index contributed by atoms with van der Waals surface area (Å²) in [6, 6.07) is 0. The van der Waals surface area contributed by atoms with Gasteiger partial charge in [-0.05, 0) is 0 Å². The van der Waals surface area contributed by atoms with E-state index in [2.05, 4.69) is 0 Å². The highest BCUT2D eigenvalue weighted by molar-refractivity contribution is 5.85. The quantitative estimate of drug-likeness (QED) is 0.380. The lowest BCUT2D eigenvalue weighted by Gasteiger charge is -1.92. The van der Waals surface area contributed by atoms with Crippen molar-refractivity contribution in [2.24, 2.45) is 5.73 Å². The van der Waals surface area contributed by atoms with Crippen molar-refractivity contribution < 1.29 is 14.8 Å². The third-order valence-corrected chi connectivity index (χ3v) is 0.723. The predicted molar refractivity (Wildman–Crippen MR) is 35.6 cm³/mol. The molecule has 60 valence electrons. The number of hydroxylamine groups is 1. The summed E-state index contributed by atoms with van der Waals surface area (Å²) in [5.41, 5.74) is 6.07. The number of carbonyl (C=O) groups excluding carboxylic acids is 2. The first kappa shape index (κ1) is 11.9. The molecule has 0 rings (SSSR count). The topological polar surface area (TPSA) is 92.4 Å². The molecule has 0 fully saturated rings. The van der Waals surface area contributed by atoms with E-state index in [9.17, 15) is 9.59 Å². The lowest BCUT2D eigenvalue weighted by atomic mass is 10.3. The van der Waals surface area contributed by atoms with Gasteiger partial charge in [0.15, 0.2) is 0 Å². The van der Waals surface area contributed by atoms with Crippen molar-refractivity contribution in [2.45, 2.75) is 12.8 Å². The second-order valence-electron chi connectivity index (χ2n) is 1.50. The molecule has 0 spiro atoms. The van der Waals surface area contributed by atoms with Crippen molar-refractivity contribution in [1.29, 1.82) is 0 Å². The molecule has 0 heterocycles. The minimum atomic E-state index is -0.603. The van der Waals surface area contributed by atoms with Crippen LogP contribution in [0.3, 0.4) is 0 Å². The van der Waals surface area contributed by atoms with E-state index in [0.717, 1.165) is 0 Å². The molecule has 0 aromatic rings. The molecule has 0 aliphatic rings. The van der Waals surface area contributed by atoms with Gasteiger partial charge in [0.1, 0.15) is 0 Å². The zero-order chi connectivity index (χ0) is 7.28. The van der Waals surface area contributed by atoms with Gasteiger partial charge in [0.2, 0.25) is 11.8 Å². The molecule has 0 bridgehead atoms. The van der Waals surface area contributed by atoms with E-state index >= 15 is 0 Å². The Morgan fingerprint density at radius 3 is 2.20 bits per heavy atom. The van der Waals surface area contributed by atoms with E-state index in [1.807, 2.05) is 0 Å². The van der Waals surface area contributed by atoms with Crippen LogP contribution in [0.2, 0.25) is 0 Å². The fourth-order valence-electron chi connectivity index (χ4n) is 0.293. The molecule has 0 unspecified atom stereocenters. The lowest BCUT2D eigenvalue weighted by Crippen LogP contribution is -2.21. The molecule has 0 atom stereocenters. The Morgan fingerprint density at radius 1 is 1.40 bits per heavy atom. The first-order valence-electron chi connectivity index (χ1n) is 2.38. The number of nitrogens with one attached hydrogen (secondary N) is 1. The number of hydrogen-bond acceptors (Lipinski definition) is 3. The van der Waals surface area contributed by atoms with Gasteiger partial charge in [-0.15, -0.1) is 12.4 Å². The van der Waals surface area contributed by atoms with E-state index < -0.39 is 11.8 Å². The number of carbonyl (C=O) groups is 2. The SMILES string of the molecule is Cl.NC(=O)CCC(=O)NO. The maximum absolute atomic E-state index is 10.1. The fraction of sp³-hybridized carbons (Fsp3) is 0.500. The average Bonchev–Trinajstić information content (AvgIpc) is 1.83. The predicted octanol–water partition coefficient (Wildman–Crippen LogP) is -0.821. The second-order valence-corrected chi connectivity index (χ2v) is 1.50. The largest absolute Gasteiger partial charge is 0.370 e. The summed E-state index contributed by atoms with van der Waals surface area (Å²) in [4.78, 5) is 20.1. The number of halogens is 1. The van der Waals surface area contributed by atoms with Crippen molar-refractivity contribution >= 4 is 24.2 Å². The molecular weight excluding hydrogens is 160 g/mol. The minimum Gasteiger partial charge on any atom is -0.370 e. The Bertz CT molecular complexity index is 128. The van der Waals surface area contributed by atoms with Crippen LogP contribution < -0.4 is 11.2 Å². The van der Waals surface area contributed by atoms with Gasteiger partial charge < -0.3 is 5.73 Å². The van der Waals surface area contributed by atoms with Crippen LogP contribution in [0.5, 0.6) is 0 Å². The maximum Gasteiger partial charge on any atom is 0.243 e. The Balaban J connectivity index is 0. The van der Waals surface area contributed by atoms with Crippen LogP contribution in [0.4, 0.5) is 0 Å². The van der Waals surface area contributed by atoms with E-state index in [4.69, 9.17) is 10.9 Å². The van der Waals surface area contributed by atoms with Crippen LogP contribution in [0, 0.1) is 0 Å². The van der Waals surface area contributed by atoms with Crippen LogP contribution >= 0.6 is 12.4 Å². The molecule has 2 amide bonds. The molecule has 0 saturated heterocycles. The number of primary amides is 1. The molecule has 0 aliphatic heterocycles. The Hall–Kier alpha value is -0.810. The highest BCUT2D eigenvalue weighted by Gasteiger charge is 2.00. The van der Waals surface area contributed by atoms with Gasteiger partial charge in [0.25, 0.3) is 0 Å². The van der Waals surface area contributed by atoms with E-state index in [-0.39, 0.29) is 25.2 Å². The lowest BCUT2D eigenvalue weighted by molar-refractivity contribution is -0.131. The van der Waals surface area contributed by atoms with Crippen LogP contribution in [0.25, 0.3) is 0 Å². The molecule has 0 aromatic carbocycles. The summed E-state index contributed by atoms with van der Waals surface area (Å²) in [7, 11) is 0. The molecule has 0 saturated carbocycles. The number of rotatable bonds is 3. The summed E-state index contributed by atoms with van der Waals surface area (Å²) >= 11 is 0. The van der Waals surface area contributed by atoms with Crippen molar-refractivity contribution in [3.63, 3.8) is 0 Å². The normalized spacial score (nSPS) is 7.70. The second kappa shape index (κ2) is 6.31. The van der Waals surface area contributed by atoms with Crippen molar-refractivity contribution in [3.8, 4) is 0 Å². The first-order chi connectivity index (χ1) is 4.16. The molecular formula is C4H9ClN2O3. The maximum atomic E-state index is 10.1. The zero-order valence-electron chi connectivity index (χ0n) is 5.16. The van der Waals surface area contributed by atoms with Crippen LogP contribution in [-0.2, 0) is 9.59 Å². The monoisotopic (exact) mass is 168 g/mol. The summed E-state index contributed by atoms with van der Waals surface area (Å²) in [5.74, 6) is -1.16. The van der Waals surface area contributed by atoms with Gasteiger partial charge in [-0.25, -0.2) is 5.48 Å². The molecule has 0 aliphatic carbocycles. The van der Waals surface area contributed by atoms with Gasteiger partial charge in [0.05, 0.1) is 0 Å². The molecule has 4 N–H and O–H groups in total. The van der Waals surface area contributed by atoms with Gasteiger partial charge in [-0.3, -0.25) is 14.8 Å². The van der Waals surface area contributed by atoms with Gasteiger partial charge >= 0.3 is 0 Å². The third kappa shape index (κ3) is 7.19. The smallest absolute Gasteiger partial charge is 0.243 e. The van der Waals surface area contributed by atoms with E-state index in [1.54, 1.807) is 0 Å². The molecule has 10 heavy (non-hydrogen) atoms. The Labute approximate surface area is 63.9 Å². The summed E-state index contributed by atoms with van der Waals surface area (Å²) in [5, 5.41) is 7.90. The average molecular weight is 169 g/mol. The van der Waals surface area contributed by atoms with Crippen LogP contribution in [0.1, 0.15) is 12.8 Å². The van der Waals surface area contributed by atoms with Gasteiger partial charge in [0, 0.05) is 12.8 Å². The van der Waals surface area contributed by atoms with Crippen molar-refractivity contribution in [3.05, 3.63) is 0 Å². The zero-order valence-corrected chi connectivity index (χ0v) is 5.98. The fourth-order valence-corrected chi connectivity index (χ4v) is 0.293.